The Hall–Kier alpha value is -2.91. The zero-order valence-corrected chi connectivity index (χ0v) is 19.6. The second kappa shape index (κ2) is 9.30. The predicted octanol–water partition coefficient (Wildman–Crippen LogP) is 3.25. The summed E-state index contributed by atoms with van der Waals surface area (Å²) < 4.78 is 38.3. The summed E-state index contributed by atoms with van der Waals surface area (Å²) in [5, 5.41) is 2.80. The van der Waals surface area contributed by atoms with Gasteiger partial charge in [0.1, 0.15) is 10.6 Å². The molecule has 1 saturated carbocycles. The fourth-order valence-corrected chi connectivity index (χ4v) is 4.88. The van der Waals surface area contributed by atoms with Crippen molar-refractivity contribution in [2.45, 2.75) is 57.6 Å². The predicted molar refractivity (Wildman–Crippen MR) is 120 cm³/mol. The molecule has 3 rings (SSSR count). The zero-order valence-electron chi connectivity index (χ0n) is 18.8. The summed E-state index contributed by atoms with van der Waals surface area (Å²) in [6.45, 7) is 7.21. The van der Waals surface area contributed by atoms with Gasteiger partial charge in [-0.15, -0.1) is 0 Å². The molecule has 2 N–H and O–H groups in total. The van der Waals surface area contributed by atoms with Crippen molar-refractivity contribution in [3.63, 3.8) is 0 Å². The van der Waals surface area contributed by atoms with Crippen molar-refractivity contribution in [1.29, 1.82) is 0 Å². The number of rotatable bonds is 8. The van der Waals surface area contributed by atoms with E-state index in [0.717, 1.165) is 29.5 Å². The highest BCUT2D eigenvalue weighted by molar-refractivity contribution is 7.89. The van der Waals surface area contributed by atoms with Crippen LogP contribution < -0.4 is 14.8 Å². The fraction of sp³-hybridized carbons (Fsp3) is 0.391. The molecule has 1 amide bonds. The number of carbonyl (C=O) groups is 2. The van der Waals surface area contributed by atoms with Gasteiger partial charge in [-0.25, -0.2) is 17.9 Å². The van der Waals surface area contributed by atoms with Crippen LogP contribution >= 0.6 is 0 Å². The first-order valence-corrected chi connectivity index (χ1v) is 11.8. The second-order valence-electron chi connectivity index (χ2n) is 8.07. The molecule has 2 aromatic rings. The van der Waals surface area contributed by atoms with Crippen LogP contribution in [0.25, 0.3) is 0 Å². The lowest BCUT2D eigenvalue weighted by Gasteiger charge is -2.17. The Morgan fingerprint density at radius 3 is 2.25 bits per heavy atom. The van der Waals surface area contributed by atoms with Crippen LogP contribution in [0.1, 0.15) is 46.8 Å². The highest BCUT2D eigenvalue weighted by atomic mass is 32.2. The second-order valence-corrected chi connectivity index (χ2v) is 9.75. The van der Waals surface area contributed by atoms with Gasteiger partial charge in [0.2, 0.25) is 10.0 Å². The molecule has 0 spiro atoms. The van der Waals surface area contributed by atoms with Crippen LogP contribution in [-0.2, 0) is 19.6 Å². The molecule has 9 heteroatoms. The van der Waals surface area contributed by atoms with Crippen LogP contribution in [0.15, 0.2) is 35.2 Å². The van der Waals surface area contributed by atoms with Crippen molar-refractivity contribution >= 4 is 27.6 Å². The number of hydrogen-bond acceptors (Lipinski definition) is 6. The standard InChI is InChI=1S/C23H28N2O6S/c1-13-10-14(2)21(15(3)11-13)24-22(26)16(4)31-23(27)17-6-9-19(30-5)20(12-17)32(28,29)25-18-7-8-18/h6,9-12,16,18,25H,7-8H2,1-5H3,(H,24,26). The van der Waals surface area contributed by atoms with Gasteiger partial charge in [-0.2, -0.15) is 0 Å². The van der Waals surface area contributed by atoms with Crippen molar-refractivity contribution in [2.24, 2.45) is 0 Å². The molecule has 172 valence electrons. The number of benzene rings is 2. The molecular formula is C23H28N2O6S. The number of aryl methyl sites for hydroxylation is 3. The molecular weight excluding hydrogens is 432 g/mol. The SMILES string of the molecule is COc1ccc(C(=O)OC(C)C(=O)Nc2c(C)cc(C)cc2C)cc1S(=O)(=O)NC1CC1. The maximum absolute atomic E-state index is 12.7. The van der Waals surface area contributed by atoms with Gasteiger partial charge in [-0.05, 0) is 69.9 Å². The summed E-state index contributed by atoms with van der Waals surface area (Å²) in [6, 6.07) is 7.79. The minimum Gasteiger partial charge on any atom is -0.495 e. The van der Waals surface area contributed by atoms with E-state index in [0.29, 0.717) is 5.69 Å². The van der Waals surface area contributed by atoms with Crippen LogP contribution in [0.3, 0.4) is 0 Å². The van der Waals surface area contributed by atoms with Gasteiger partial charge in [-0.1, -0.05) is 17.7 Å². The molecule has 1 fully saturated rings. The Balaban J connectivity index is 1.75. The lowest BCUT2D eigenvalue weighted by Crippen LogP contribution is -2.30. The highest BCUT2D eigenvalue weighted by Crippen LogP contribution is 2.29. The summed E-state index contributed by atoms with van der Waals surface area (Å²) in [6.07, 6.45) is 0.459. The Bertz CT molecular complexity index is 1130. The molecule has 0 radical (unpaired) electrons. The van der Waals surface area contributed by atoms with Crippen LogP contribution in [0.4, 0.5) is 5.69 Å². The molecule has 8 nitrogen and oxygen atoms in total. The molecule has 0 aliphatic heterocycles. The van der Waals surface area contributed by atoms with E-state index in [1.165, 1.54) is 32.2 Å². The number of esters is 1. The van der Waals surface area contributed by atoms with E-state index < -0.39 is 28.0 Å². The van der Waals surface area contributed by atoms with Gasteiger partial charge < -0.3 is 14.8 Å². The van der Waals surface area contributed by atoms with E-state index in [9.17, 15) is 18.0 Å². The molecule has 2 aromatic carbocycles. The number of sulfonamides is 1. The average molecular weight is 461 g/mol. The third-order valence-corrected chi connectivity index (χ3v) is 6.71. The van der Waals surface area contributed by atoms with Gasteiger partial charge >= 0.3 is 5.97 Å². The maximum Gasteiger partial charge on any atom is 0.338 e. The van der Waals surface area contributed by atoms with Gasteiger partial charge in [-0.3, -0.25) is 4.79 Å². The summed E-state index contributed by atoms with van der Waals surface area (Å²) >= 11 is 0. The van der Waals surface area contributed by atoms with Crippen molar-refractivity contribution in [3.05, 3.63) is 52.6 Å². The fourth-order valence-electron chi connectivity index (χ4n) is 3.38. The summed E-state index contributed by atoms with van der Waals surface area (Å²) in [5.41, 5.74) is 3.57. The van der Waals surface area contributed by atoms with Gasteiger partial charge in [0, 0.05) is 11.7 Å². The Labute approximate surface area is 188 Å². The van der Waals surface area contributed by atoms with Crippen molar-refractivity contribution in [2.75, 3.05) is 12.4 Å². The number of hydrogen-bond donors (Lipinski definition) is 2. The quantitative estimate of drug-likeness (QED) is 0.585. The third-order valence-electron chi connectivity index (χ3n) is 5.17. The smallest absolute Gasteiger partial charge is 0.338 e. The Morgan fingerprint density at radius 1 is 1.06 bits per heavy atom. The van der Waals surface area contributed by atoms with E-state index in [4.69, 9.17) is 9.47 Å². The van der Waals surface area contributed by atoms with Crippen molar-refractivity contribution in [3.8, 4) is 5.75 Å². The number of nitrogens with one attached hydrogen (secondary N) is 2. The summed E-state index contributed by atoms with van der Waals surface area (Å²) in [7, 11) is -2.50. The highest BCUT2D eigenvalue weighted by Gasteiger charge is 2.31. The van der Waals surface area contributed by atoms with E-state index in [1.54, 1.807) is 0 Å². The number of ether oxygens (including phenoxy) is 2. The first-order valence-electron chi connectivity index (χ1n) is 10.3. The molecule has 0 heterocycles. The van der Waals surface area contributed by atoms with Crippen LogP contribution in [0.5, 0.6) is 5.75 Å². The molecule has 0 aromatic heterocycles. The van der Waals surface area contributed by atoms with E-state index in [-0.39, 0.29) is 22.3 Å². The molecule has 1 atom stereocenters. The van der Waals surface area contributed by atoms with Crippen molar-refractivity contribution < 1.29 is 27.5 Å². The molecule has 1 aliphatic rings. The first kappa shape index (κ1) is 23.7. The lowest BCUT2D eigenvalue weighted by molar-refractivity contribution is -0.123. The average Bonchev–Trinajstić information content (AvgIpc) is 3.53. The Morgan fingerprint density at radius 2 is 1.69 bits per heavy atom. The van der Waals surface area contributed by atoms with E-state index in [2.05, 4.69) is 10.0 Å². The molecule has 32 heavy (non-hydrogen) atoms. The molecule has 0 saturated heterocycles. The number of carbonyl (C=O) groups excluding carboxylic acids is 2. The number of anilines is 1. The summed E-state index contributed by atoms with van der Waals surface area (Å²) in [4.78, 5) is 25.1. The minimum absolute atomic E-state index is 0.00400. The molecule has 0 bridgehead atoms. The largest absolute Gasteiger partial charge is 0.495 e. The third kappa shape index (κ3) is 5.46. The van der Waals surface area contributed by atoms with Crippen molar-refractivity contribution in [1.82, 2.24) is 4.72 Å². The normalized spacial score (nSPS) is 14.5. The molecule has 1 aliphatic carbocycles. The zero-order chi connectivity index (χ0) is 23.6. The van der Waals surface area contributed by atoms with Gasteiger partial charge in [0.15, 0.2) is 6.10 Å². The number of amides is 1. The lowest BCUT2D eigenvalue weighted by atomic mass is 10.0. The minimum atomic E-state index is -3.86. The van der Waals surface area contributed by atoms with Crippen LogP contribution in [0, 0.1) is 20.8 Å². The molecule has 1 unspecified atom stereocenters. The summed E-state index contributed by atoms with van der Waals surface area (Å²) in [5.74, 6) is -1.17. The topological polar surface area (TPSA) is 111 Å². The monoisotopic (exact) mass is 460 g/mol. The van der Waals surface area contributed by atoms with Crippen LogP contribution in [0.2, 0.25) is 0 Å². The van der Waals surface area contributed by atoms with Gasteiger partial charge in [0.25, 0.3) is 5.91 Å². The Kier molecular flexibility index (Phi) is 6.90. The number of methoxy groups -OCH3 is 1. The van der Waals surface area contributed by atoms with E-state index in [1.807, 2.05) is 32.9 Å². The van der Waals surface area contributed by atoms with Gasteiger partial charge in [0.05, 0.1) is 12.7 Å². The van der Waals surface area contributed by atoms with Crippen LogP contribution in [-0.4, -0.2) is 39.5 Å². The van der Waals surface area contributed by atoms with E-state index >= 15 is 0 Å². The maximum atomic E-state index is 12.7. The first-order chi connectivity index (χ1) is 15.0.